The van der Waals surface area contributed by atoms with Crippen molar-refractivity contribution < 1.29 is 4.79 Å². The molecule has 1 saturated carbocycles. The number of rotatable bonds is 10. The normalized spacial score (nSPS) is 13.9. The maximum absolute atomic E-state index is 12.1. The van der Waals surface area contributed by atoms with Crippen molar-refractivity contribution in [1.29, 1.82) is 0 Å². The molecule has 0 saturated heterocycles. The minimum atomic E-state index is 0.125. The fourth-order valence-corrected chi connectivity index (χ4v) is 5.07. The molecule has 4 aromatic rings. The van der Waals surface area contributed by atoms with Crippen molar-refractivity contribution in [3.8, 4) is 0 Å². The molecule has 0 atom stereocenters. The summed E-state index contributed by atoms with van der Waals surface area (Å²) >= 11 is 0. The Hall–Kier alpha value is -3.21. The molecule has 1 aliphatic rings. The highest BCUT2D eigenvalue weighted by molar-refractivity contribution is 6.03. The highest BCUT2D eigenvalue weighted by Crippen LogP contribution is 2.33. The molecule has 0 radical (unpaired) electrons. The van der Waals surface area contributed by atoms with Crippen LogP contribution in [0.2, 0.25) is 0 Å². The highest BCUT2D eigenvalue weighted by atomic mass is 16.1. The van der Waals surface area contributed by atoms with Crippen LogP contribution in [0, 0.1) is 11.3 Å². The van der Waals surface area contributed by atoms with Crippen LogP contribution >= 0.6 is 0 Å². The zero-order chi connectivity index (χ0) is 26.0. The van der Waals surface area contributed by atoms with Crippen molar-refractivity contribution in [3.05, 3.63) is 71.2 Å². The molecule has 37 heavy (non-hydrogen) atoms. The lowest BCUT2D eigenvalue weighted by atomic mass is 9.89. The van der Waals surface area contributed by atoms with E-state index in [4.69, 9.17) is 9.97 Å². The number of para-hydroxylation sites is 1. The molecule has 1 fully saturated rings. The van der Waals surface area contributed by atoms with E-state index in [0.717, 1.165) is 60.3 Å². The van der Waals surface area contributed by atoms with E-state index in [0.29, 0.717) is 18.9 Å². The molecule has 2 heterocycles. The van der Waals surface area contributed by atoms with Gasteiger partial charge >= 0.3 is 0 Å². The molecule has 0 bridgehead atoms. The standard InChI is InChI=1S/C32H40N4O/c1-5-6-11-28-35-30-27(19-32(2,3)4)34-26-10-8-7-9-25(26)31(30)36(28)21-24-16-14-23(15-17-24)20-33-29(37)18-22-12-13-22/h7-10,14-17,22H,5-6,11-13,18-21H2,1-4H3,(H,33,37). The third-order valence-corrected chi connectivity index (χ3v) is 7.21. The number of fused-ring (bicyclic) bond motifs is 3. The van der Waals surface area contributed by atoms with Crippen LogP contribution in [0.3, 0.4) is 0 Å². The summed E-state index contributed by atoms with van der Waals surface area (Å²) in [6.45, 7) is 10.4. The number of hydrogen-bond donors (Lipinski definition) is 1. The van der Waals surface area contributed by atoms with Gasteiger partial charge in [0.2, 0.25) is 5.91 Å². The monoisotopic (exact) mass is 496 g/mol. The lowest BCUT2D eigenvalue weighted by Gasteiger charge is -2.18. The Morgan fingerprint density at radius 1 is 1.03 bits per heavy atom. The lowest BCUT2D eigenvalue weighted by Crippen LogP contribution is -2.22. The molecule has 1 N–H and O–H groups in total. The summed E-state index contributed by atoms with van der Waals surface area (Å²) < 4.78 is 2.42. The third-order valence-electron chi connectivity index (χ3n) is 7.21. The van der Waals surface area contributed by atoms with Gasteiger partial charge < -0.3 is 9.88 Å². The zero-order valence-electron chi connectivity index (χ0n) is 22.8. The van der Waals surface area contributed by atoms with Gasteiger partial charge in [-0.3, -0.25) is 9.78 Å². The Labute approximate surface area is 220 Å². The van der Waals surface area contributed by atoms with E-state index in [1.54, 1.807) is 0 Å². The molecule has 5 heteroatoms. The second-order valence-corrected chi connectivity index (χ2v) is 12.0. The Bertz CT molecular complexity index is 1390. The van der Waals surface area contributed by atoms with E-state index < -0.39 is 0 Å². The number of unbranched alkanes of at least 4 members (excludes halogenated alkanes) is 1. The van der Waals surface area contributed by atoms with Gasteiger partial charge in [-0.1, -0.05) is 76.6 Å². The Kier molecular flexibility index (Phi) is 7.32. The molecule has 0 spiro atoms. The summed E-state index contributed by atoms with van der Waals surface area (Å²) in [5.41, 5.74) is 6.88. The zero-order valence-corrected chi connectivity index (χ0v) is 22.8. The van der Waals surface area contributed by atoms with Gasteiger partial charge in [-0.2, -0.15) is 0 Å². The van der Waals surface area contributed by atoms with E-state index in [2.05, 4.69) is 86.1 Å². The van der Waals surface area contributed by atoms with E-state index in [9.17, 15) is 4.79 Å². The molecular formula is C32H40N4O. The van der Waals surface area contributed by atoms with Crippen molar-refractivity contribution in [2.75, 3.05) is 0 Å². The van der Waals surface area contributed by atoms with Gasteiger partial charge in [-0.05, 0) is 54.2 Å². The molecule has 0 aliphatic heterocycles. The molecule has 2 aromatic heterocycles. The molecule has 5 rings (SSSR count). The predicted octanol–water partition coefficient (Wildman–Crippen LogP) is 6.98. The van der Waals surface area contributed by atoms with Crippen molar-refractivity contribution >= 4 is 27.8 Å². The van der Waals surface area contributed by atoms with Gasteiger partial charge in [0.05, 0.1) is 16.7 Å². The van der Waals surface area contributed by atoms with Gasteiger partial charge in [0.1, 0.15) is 11.3 Å². The topological polar surface area (TPSA) is 59.8 Å². The summed E-state index contributed by atoms with van der Waals surface area (Å²) in [5, 5.41) is 4.24. The minimum Gasteiger partial charge on any atom is -0.352 e. The number of amides is 1. The van der Waals surface area contributed by atoms with Crippen molar-refractivity contribution in [1.82, 2.24) is 19.9 Å². The average Bonchev–Trinajstić information content (AvgIpc) is 3.60. The second-order valence-electron chi connectivity index (χ2n) is 12.0. The number of nitrogens with one attached hydrogen (secondary N) is 1. The molecule has 1 amide bonds. The molecule has 5 nitrogen and oxygen atoms in total. The van der Waals surface area contributed by atoms with Crippen LogP contribution in [-0.4, -0.2) is 20.4 Å². The first-order chi connectivity index (χ1) is 17.8. The van der Waals surface area contributed by atoms with Gasteiger partial charge in [0, 0.05) is 31.3 Å². The fourth-order valence-electron chi connectivity index (χ4n) is 5.07. The van der Waals surface area contributed by atoms with Crippen molar-refractivity contribution in [2.45, 2.75) is 85.7 Å². The molecule has 0 unspecified atom stereocenters. The summed E-state index contributed by atoms with van der Waals surface area (Å²) in [7, 11) is 0. The number of nitrogens with zero attached hydrogens (tertiary/aromatic N) is 3. The molecular weight excluding hydrogens is 456 g/mol. The maximum Gasteiger partial charge on any atom is 0.220 e. The molecule has 2 aromatic carbocycles. The second kappa shape index (κ2) is 10.6. The number of pyridine rings is 1. The van der Waals surface area contributed by atoms with Gasteiger partial charge in [-0.25, -0.2) is 4.98 Å². The van der Waals surface area contributed by atoms with E-state index >= 15 is 0 Å². The third kappa shape index (κ3) is 6.20. The maximum atomic E-state index is 12.1. The predicted molar refractivity (Wildman–Crippen MR) is 152 cm³/mol. The number of aryl methyl sites for hydroxylation is 1. The quantitative estimate of drug-likeness (QED) is 0.258. The first kappa shape index (κ1) is 25.4. The summed E-state index contributed by atoms with van der Waals surface area (Å²) in [6, 6.07) is 17.1. The number of carbonyl (C=O) groups is 1. The van der Waals surface area contributed by atoms with Crippen molar-refractivity contribution in [2.24, 2.45) is 11.3 Å². The van der Waals surface area contributed by atoms with Crippen LogP contribution in [-0.2, 0) is 30.7 Å². The first-order valence-corrected chi connectivity index (χ1v) is 13.9. The Morgan fingerprint density at radius 3 is 2.46 bits per heavy atom. The molecule has 1 aliphatic carbocycles. The summed E-state index contributed by atoms with van der Waals surface area (Å²) in [4.78, 5) is 22.4. The fraction of sp³-hybridized carbons (Fsp3) is 0.469. The lowest BCUT2D eigenvalue weighted by molar-refractivity contribution is -0.121. The number of carbonyl (C=O) groups excluding carboxylic acids is 1. The van der Waals surface area contributed by atoms with Gasteiger partial charge in [0.15, 0.2) is 0 Å². The number of imidazole rings is 1. The van der Waals surface area contributed by atoms with Crippen LogP contribution in [0.15, 0.2) is 48.5 Å². The van der Waals surface area contributed by atoms with Crippen molar-refractivity contribution in [3.63, 3.8) is 0 Å². The van der Waals surface area contributed by atoms with E-state index in [-0.39, 0.29) is 11.3 Å². The highest BCUT2D eigenvalue weighted by Gasteiger charge is 2.24. The van der Waals surface area contributed by atoms with Gasteiger partial charge in [0.25, 0.3) is 0 Å². The largest absolute Gasteiger partial charge is 0.352 e. The number of aromatic nitrogens is 3. The number of hydrogen-bond acceptors (Lipinski definition) is 3. The van der Waals surface area contributed by atoms with E-state index in [1.165, 1.54) is 29.3 Å². The van der Waals surface area contributed by atoms with Crippen LogP contribution in [0.4, 0.5) is 0 Å². The SMILES string of the molecule is CCCCc1nc2c(CC(C)(C)C)nc3ccccc3c2n1Cc1ccc(CNC(=O)CC2CC2)cc1. The summed E-state index contributed by atoms with van der Waals surface area (Å²) in [6.07, 6.45) is 7.18. The van der Waals surface area contributed by atoms with Gasteiger partial charge in [-0.15, -0.1) is 0 Å². The van der Waals surface area contributed by atoms with Crippen LogP contribution in [0.5, 0.6) is 0 Å². The number of benzene rings is 2. The minimum absolute atomic E-state index is 0.125. The van der Waals surface area contributed by atoms with E-state index in [1.807, 2.05) is 0 Å². The molecule has 194 valence electrons. The summed E-state index contributed by atoms with van der Waals surface area (Å²) in [5.74, 6) is 1.93. The van der Waals surface area contributed by atoms with Crippen LogP contribution in [0.25, 0.3) is 21.9 Å². The average molecular weight is 497 g/mol. The first-order valence-electron chi connectivity index (χ1n) is 13.9. The van der Waals surface area contributed by atoms with Crippen LogP contribution < -0.4 is 5.32 Å². The van der Waals surface area contributed by atoms with Crippen LogP contribution in [0.1, 0.15) is 82.4 Å². The smallest absolute Gasteiger partial charge is 0.220 e. The Balaban J connectivity index is 1.48. The Morgan fingerprint density at radius 2 is 1.76 bits per heavy atom.